The van der Waals surface area contributed by atoms with Crippen molar-refractivity contribution in [2.45, 2.75) is 6.92 Å². The van der Waals surface area contributed by atoms with Crippen LogP contribution < -0.4 is 9.80 Å². The van der Waals surface area contributed by atoms with E-state index in [1.54, 1.807) is 11.3 Å². The molecule has 23 heavy (non-hydrogen) atoms. The van der Waals surface area contributed by atoms with Crippen LogP contribution in [-0.2, 0) is 0 Å². The summed E-state index contributed by atoms with van der Waals surface area (Å²) in [6.45, 7) is 5.60. The van der Waals surface area contributed by atoms with Crippen molar-refractivity contribution in [3.8, 4) is 0 Å². The van der Waals surface area contributed by atoms with Gasteiger partial charge in [-0.05, 0) is 24.6 Å². The maximum atomic E-state index is 13.3. The van der Waals surface area contributed by atoms with Gasteiger partial charge in [0.15, 0.2) is 5.13 Å². The summed E-state index contributed by atoms with van der Waals surface area (Å²) in [6, 6.07) is 9.66. The molecule has 3 heterocycles. The number of benzene rings is 1. The van der Waals surface area contributed by atoms with Crippen molar-refractivity contribution in [1.82, 2.24) is 9.97 Å². The zero-order valence-electron chi connectivity index (χ0n) is 12.9. The molecule has 0 saturated carbocycles. The highest BCUT2D eigenvalue weighted by atomic mass is 32.1. The van der Waals surface area contributed by atoms with Gasteiger partial charge < -0.3 is 9.80 Å². The van der Waals surface area contributed by atoms with Crippen molar-refractivity contribution < 1.29 is 4.39 Å². The number of piperazine rings is 1. The molecule has 1 fully saturated rings. The molecule has 1 aromatic carbocycles. The second-order valence-corrected chi connectivity index (χ2v) is 6.74. The number of rotatable bonds is 2. The average Bonchev–Trinajstić information content (AvgIpc) is 3.01. The fourth-order valence-electron chi connectivity index (χ4n) is 2.95. The molecule has 2 aromatic heterocycles. The second-order valence-electron chi connectivity index (χ2n) is 5.73. The van der Waals surface area contributed by atoms with E-state index < -0.39 is 5.95 Å². The molecule has 4 nitrogen and oxygen atoms in total. The number of aryl methyl sites for hydroxylation is 1. The number of fused-ring (bicyclic) bond motifs is 1. The van der Waals surface area contributed by atoms with Crippen molar-refractivity contribution in [2.24, 2.45) is 0 Å². The van der Waals surface area contributed by atoms with Crippen LogP contribution in [0, 0.1) is 12.9 Å². The first-order valence-corrected chi connectivity index (χ1v) is 8.50. The number of thiazole rings is 1. The zero-order valence-corrected chi connectivity index (χ0v) is 13.7. The van der Waals surface area contributed by atoms with Crippen molar-refractivity contribution in [2.75, 3.05) is 36.0 Å². The normalized spacial score (nSPS) is 15.4. The molecule has 6 heteroatoms. The molecular weight excluding hydrogens is 311 g/mol. The van der Waals surface area contributed by atoms with Crippen molar-refractivity contribution in [1.29, 1.82) is 0 Å². The predicted octanol–water partition coefficient (Wildman–Crippen LogP) is 3.47. The number of halogens is 1. The molecule has 4 rings (SSSR count). The molecule has 118 valence electrons. The summed E-state index contributed by atoms with van der Waals surface area (Å²) in [6.07, 6.45) is 1.52. The fourth-order valence-corrected chi connectivity index (χ4v) is 4.05. The zero-order chi connectivity index (χ0) is 15.8. The Kier molecular flexibility index (Phi) is 3.61. The van der Waals surface area contributed by atoms with Gasteiger partial charge in [0, 0.05) is 44.1 Å². The molecule has 3 aromatic rings. The summed E-state index contributed by atoms with van der Waals surface area (Å²) < 4.78 is 14.5. The molecular formula is C17H17FN4S. The van der Waals surface area contributed by atoms with Crippen LogP contribution in [0.3, 0.4) is 0 Å². The first-order chi connectivity index (χ1) is 11.2. The Balaban J connectivity index is 1.51. The van der Waals surface area contributed by atoms with Crippen molar-refractivity contribution in [3.05, 3.63) is 48.0 Å². The highest BCUT2D eigenvalue weighted by Gasteiger charge is 2.20. The van der Waals surface area contributed by atoms with Gasteiger partial charge in [0.1, 0.15) is 0 Å². The summed E-state index contributed by atoms with van der Waals surface area (Å²) in [4.78, 5) is 12.9. The lowest BCUT2D eigenvalue weighted by Crippen LogP contribution is -2.46. The molecule has 0 atom stereocenters. The van der Waals surface area contributed by atoms with Gasteiger partial charge in [0.2, 0.25) is 5.95 Å². The van der Waals surface area contributed by atoms with E-state index in [4.69, 9.17) is 4.98 Å². The second kappa shape index (κ2) is 5.77. The molecule has 0 radical (unpaired) electrons. The van der Waals surface area contributed by atoms with E-state index in [2.05, 4.69) is 39.9 Å². The molecule has 1 aliphatic rings. The van der Waals surface area contributed by atoms with E-state index in [0.29, 0.717) is 0 Å². The van der Waals surface area contributed by atoms with Gasteiger partial charge in [-0.15, -0.1) is 0 Å². The van der Waals surface area contributed by atoms with Gasteiger partial charge in [-0.3, -0.25) is 0 Å². The Morgan fingerprint density at radius 1 is 1.09 bits per heavy atom. The monoisotopic (exact) mass is 328 g/mol. The third-order valence-corrected chi connectivity index (χ3v) is 5.32. The van der Waals surface area contributed by atoms with Gasteiger partial charge in [-0.2, -0.15) is 4.39 Å². The first kappa shape index (κ1) is 14.4. The van der Waals surface area contributed by atoms with Crippen molar-refractivity contribution >= 4 is 32.4 Å². The Morgan fingerprint density at radius 2 is 1.87 bits per heavy atom. The minimum atomic E-state index is -0.424. The topological polar surface area (TPSA) is 32.3 Å². The molecule has 0 N–H and O–H groups in total. The molecule has 0 aliphatic carbocycles. The quantitative estimate of drug-likeness (QED) is 0.674. The number of anilines is 2. The Bertz CT molecular complexity index is 839. The number of hydrogen-bond donors (Lipinski definition) is 0. The van der Waals surface area contributed by atoms with Crippen LogP contribution in [0.1, 0.15) is 5.56 Å². The van der Waals surface area contributed by atoms with E-state index in [1.807, 2.05) is 6.07 Å². The third-order valence-electron chi connectivity index (χ3n) is 4.23. The van der Waals surface area contributed by atoms with Crippen molar-refractivity contribution in [3.63, 3.8) is 0 Å². The standard InChI is InChI=1S/C17H17FN4S/c1-12-3-2-4-14-16(12)20-17(23-14)22-9-7-21(8-10-22)13-5-6-19-15(18)11-13/h2-6,11H,7-10H2,1H3. The molecule has 1 saturated heterocycles. The number of nitrogens with zero attached hydrogens (tertiary/aromatic N) is 4. The SMILES string of the molecule is Cc1cccc2sc(N3CCN(c4ccnc(F)c4)CC3)nc12. The minimum Gasteiger partial charge on any atom is -0.368 e. The summed E-state index contributed by atoms with van der Waals surface area (Å²) in [5.74, 6) is -0.424. The van der Waals surface area contributed by atoms with Crippen LogP contribution >= 0.6 is 11.3 Å². The lowest BCUT2D eigenvalue weighted by molar-refractivity contribution is 0.580. The number of aromatic nitrogens is 2. The number of pyridine rings is 1. The highest BCUT2D eigenvalue weighted by Crippen LogP contribution is 2.31. The highest BCUT2D eigenvalue weighted by molar-refractivity contribution is 7.22. The number of hydrogen-bond acceptors (Lipinski definition) is 5. The lowest BCUT2D eigenvalue weighted by atomic mass is 10.2. The van der Waals surface area contributed by atoms with Crippen LogP contribution in [0.4, 0.5) is 15.2 Å². The molecule has 0 spiro atoms. The van der Waals surface area contributed by atoms with E-state index in [0.717, 1.165) is 42.5 Å². The largest absolute Gasteiger partial charge is 0.368 e. The van der Waals surface area contributed by atoms with Gasteiger partial charge >= 0.3 is 0 Å². The minimum absolute atomic E-state index is 0.424. The summed E-state index contributed by atoms with van der Waals surface area (Å²) in [7, 11) is 0. The Morgan fingerprint density at radius 3 is 2.61 bits per heavy atom. The molecule has 0 amide bonds. The van der Waals surface area contributed by atoms with Crippen LogP contribution in [-0.4, -0.2) is 36.1 Å². The molecule has 0 unspecified atom stereocenters. The predicted molar refractivity (Wildman–Crippen MR) is 93.0 cm³/mol. The Hall–Kier alpha value is -2.21. The maximum absolute atomic E-state index is 13.3. The summed E-state index contributed by atoms with van der Waals surface area (Å²) in [5, 5.41) is 1.08. The first-order valence-electron chi connectivity index (χ1n) is 7.68. The van der Waals surface area contributed by atoms with E-state index in [-0.39, 0.29) is 0 Å². The molecule has 0 bridgehead atoms. The summed E-state index contributed by atoms with van der Waals surface area (Å²) >= 11 is 1.74. The van der Waals surface area contributed by atoms with Crippen LogP contribution in [0.2, 0.25) is 0 Å². The molecule has 1 aliphatic heterocycles. The van der Waals surface area contributed by atoms with E-state index >= 15 is 0 Å². The van der Waals surface area contributed by atoms with Crippen LogP contribution in [0.15, 0.2) is 36.5 Å². The van der Waals surface area contributed by atoms with Gasteiger partial charge in [0.05, 0.1) is 10.2 Å². The van der Waals surface area contributed by atoms with Gasteiger partial charge in [-0.1, -0.05) is 23.5 Å². The van der Waals surface area contributed by atoms with Crippen LogP contribution in [0.25, 0.3) is 10.2 Å². The smallest absolute Gasteiger partial charge is 0.214 e. The average molecular weight is 328 g/mol. The maximum Gasteiger partial charge on any atom is 0.214 e. The Labute approximate surface area is 138 Å². The fraction of sp³-hybridized carbons (Fsp3) is 0.294. The van der Waals surface area contributed by atoms with Crippen LogP contribution in [0.5, 0.6) is 0 Å². The number of para-hydroxylation sites is 1. The van der Waals surface area contributed by atoms with E-state index in [9.17, 15) is 4.39 Å². The lowest BCUT2D eigenvalue weighted by Gasteiger charge is -2.35. The van der Waals surface area contributed by atoms with Gasteiger partial charge in [-0.25, -0.2) is 9.97 Å². The van der Waals surface area contributed by atoms with Gasteiger partial charge in [0.25, 0.3) is 0 Å². The summed E-state index contributed by atoms with van der Waals surface area (Å²) in [5.41, 5.74) is 3.22. The third kappa shape index (κ3) is 2.74. The van der Waals surface area contributed by atoms with E-state index in [1.165, 1.54) is 22.5 Å².